The van der Waals surface area contributed by atoms with Crippen molar-refractivity contribution in [1.82, 2.24) is 0 Å². The molecular formula is C23H35ClO4. The summed E-state index contributed by atoms with van der Waals surface area (Å²) in [6.45, 7) is 4.60. The Kier molecular flexibility index (Phi) is 13.5. The van der Waals surface area contributed by atoms with E-state index < -0.39 is 0 Å². The quantitative estimate of drug-likeness (QED) is 0.181. The molecule has 0 saturated heterocycles. The topological polar surface area (TPSA) is 52.6 Å². The molecule has 0 unspecified atom stereocenters. The minimum atomic E-state index is -0.390. The fraction of sp³-hybridized carbons (Fsp3) is 0.652. The molecule has 4 nitrogen and oxygen atoms in total. The van der Waals surface area contributed by atoms with E-state index in [9.17, 15) is 9.59 Å². The van der Waals surface area contributed by atoms with E-state index in [2.05, 4.69) is 6.92 Å². The van der Waals surface area contributed by atoms with Gasteiger partial charge in [-0.1, -0.05) is 76.0 Å². The van der Waals surface area contributed by atoms with Crippen LogP contribution in [0.15, 0.2) is 18.2 Å². The molecule has 28 heavy (non-hydrogen) atoms. The highest BCUT2D eigenvalue weighted by Crippen LogP contribution is 2.25. The summed E-state index contributed by atoms with van der Waals surface area (Å²) >= 11 is 6.00. The molecular weight excluding hydrogens is 376 g/mol. The summed E-state index contributed by atoms with van der Waals surface area (Å²) in [6, 6.07) is 5.27. The number of rotatable bonds is 15. The van der Waals surface area contributed by atoms with Crippen molar-refractivity contribution < 1.29 is 19.1 Å². The zero-order valence-corrected chi connectivity index (χ0v) is 18.2. The van der Waals surface area contributed by atoms with E-state index in [1.165, 1.54) is 44.9 Å². The van der Waals surface area contributed by atoms with Crippen LogP contribution >= 0.6 is 11.6 Å². The van der Waals surface area contributed by atoms with Crippen LogP contribution in [0.2, 0.25) is 5.02 Å². The average molecular weight is 411 g/mol. The van der Waals surface area contributed by atoms with E-state index in [0.29, 0.717) is 23.8 Å². The number of aryl methyl sites for hydroxylation is 1. The van der Waals surface area contributed by atoms with Crippen molar-refractivity contribution in [2.24, 2.45) is 0 Å². The summed E-state index contributed by atoms with van der Waals surface area (Å²) in [6.07, 6.45) is 11.9. The lowest BCUT2D eigenvalue weighted by molar-refractivity contribution is -0.144. The second kappa shape index (κ2) is 15.4. The van der Waals surface area contributed by atoms with Gasteiger partial charge < -0.3 is 9.47 Å². The molecule has 5 heteroatoms. The van der Waals surface area contributed by atoms with Gasteiger partial charge in [-0.3, -0.25) is 9.59 Å². The van der Waals surface area contributed by atoms with Crippen LogP contribution < -0.4 is 4.74 Å². The molecule has 0 fully saturated rings. The third-order valence-corrected chi connectivity index (χ3v) is 4.90. The third-order valence-electron chi connectivity index (χ3n) is 4.58. The van der Waals surface area contributed by atoms with Gasteiger partial charge >= 0.3 is 11.9 Å². The second-order valence-electron chi connectivity index (χ2n) is 7.31. The Morgan fingerprint density at radius 2 is 1.46 bits per heavy atom. The fourth-order valence-electron chi connectivity index (χ4n) is 2.91. The van der Waals surface area contributed by atoms with Crippen LogP contribution in [0.3, 0.4) is 0 Å². The molecule has 0 amide bonds. The lowest BCUT2D eigenvalue weighted by Crippen LogP contribution is -2.11. The third kappa shape index (κ3) is 12.0. The van der Waals surface area contributed by atoms with Crippen molar-refractivity contribution in [3.8, 4) is 5.75 Å². The molecule has 1 rings (SSSR count). The number of halogens is 1. The molecule has 0 N–H and O–H groups in total. The molecule has 0 saturated carbocycles. The van der Waals surface area contributed by atoms with Crippen LogP contribution in [0.1, 0.15) is 89.5 Å². The summed E-state index contributed by atoms with van der Waals surface area (Å²) < 4.78 is 10.5. The van der Waals surface area contributed by atoms with Gasteiger partial charge in [-0.05, 0) is 37.5 Å². The lowest BCUT2D eigenvalue weighted by atomic mass is 10.1. The van der Waals surface area contributed by atoms with Crippen LogP contribution in [0.5, 0.6) is 5.75 Å². The van der Waals surface area contributed by atoms with Crippen LogP contribution in [0, 0.1) is 6.92 Å². The minimum Gasteiger partial charge on any atom is -0.466 e. The Morgan fingerprint density at radius 3 is 2.14 bits per heavy atom. The Hall–Kier alpha value is -1.55. The Labute approximate surface area is 174 Å². The predicted molar refractivity (Wildman–Crippen MR) is 114 cm³/mol. The minimum absolute atomic E-state index is 0.164. The predicted octanol–water partition coefficient (Wildman–Crippen LogP) is 6.80. The lowest BCUT2D eigenvalue weighted by Gasteiger charge is -2.07. The molecule has 1 aromatic rings. The number of carbonyl (C=O) groups excluding carboxylic acids is 2. The first-order chi connectivity index (χ1) is 13.5. The van der Waals surface area contributed by atoms with Crippen molar-refractivity contribution in [3.05, 3.63) is 28.8 Å². The number of carbonyl (C=O) groups is 2. The Balaban J connectivity index is 2.00. The second-order valence-corrected chi connectivity index (χ2v) is 7.72. The summed E-state index contributed by atoms with van der Waals surface area (Å²) in [5.41, 5.74) is 0.965. The van der Waals surface area contributed by atoms with E-state index in [1.54, 1.807) is 12.1 Å². The van der Waals surface area contributed by atoms with Gasteiger partial charge in [0.1, 0.15) is 5.75 Å². The largest absolute Gasteiger partial charge is 0.466 e. The van der Waals surface area contributed by atoms with Gasteiger partial charge in [0.05, 0.1) is 11.6 Å². The molecule has 1 aromatic carbocycles. The van der Waals surface area contributed by atoms with Crippen molar-refractivity contribution >= 4 is 23.5 Å². The Bertz CT molecular complexity index is 586. The first-order valence-corrected chi connectivity index (χ1v) is 11.0. The van der Waals surface area contributed by atoms with Gasteiger partial charge in [-0.2, -0.15) is 0 Å². The Morgan fingerprint density at radius 1 is 0.857 bits per heavy atom. The molecule has 0 aliphatic rings. The van der Waals surface area contributed by atoms with Gasteiger partial charge in [-0.25, -0.2) is 0 Å². The molecule has 0 bridgehead atoms. The first-order valence-electron chi connectivity index (χ1n) is 10.7. The number of esters is 2. The number of unbranched alkanes of at least 4 members (excludes halogenated alkanes) is 8. The standard InChI is InChI=1S/C23H35ClO4/c1-3-4-5-6-7-8-9-10-11-17-27-22(25)13-12-14-23(26)28-21-18-19(2)15-16-20(21)24/h15-16,18H,3-14,17H2,1-2H3. The number of benzene rings is 1. The smallest absolute Gasteiger partial charge is 0.311 e. The van der Waals surface area contributed by atoms with E-state index in [-0.39, 0.29) is 24.8 Å². The number of ether oxygens (including phenoxy) is 2. The fourth-order valence-corrected chi connectivity index (χ4v) is 3.07. The maximum Gasteiger partial charge on any atom is 0.311 e. The van der Waals surface area contributed by atoms with Crippen LogP contribution in [0.4, 0.5) is 0 Å². The van der Waals surface area contributed by atoms with Crippen molar-refractivity contribution in [3.63, 3.8) is 0 Å². The molecule has 0 aliphatic carbocycles. The SMILES string of the molecule is CCCCCCCCCCCOC(=O)CCCC(=O)Oc1cc(C)ccc1Cl. The van der Waals surface area contributed by atoms with Crippen LogP contribution in [-0.4, -0.2) is 18.5 Å². The molecule has 0 radical (unpaired) electrons. The van der Waals surface area contributed by atoms with Crippen molar-refractivity contribution in [2.45, 2.75) is 90.9 Å². The number of hydrogen-bond acceptors (Lipinski definition) is 4. The maximum atomic E-state index is 11.9. The molecule has 0 aliphatic heterocycles. The molecule has 0 atom stereocenters. The summed E-state index contributed by atoms with van der Waals surface area (Å²) in [4.78, 5) is 23.6. The highest BCUT2D eigenvalue weighted by atomic mass is 35.5. The summed E-state index contributed by atoms with van der Waals surface area (Å²) in [5, 5.41) is 0.402. The maximum absolute atomic E-state index is 11.9. The monoisotopic (exact) mass is 410 g/mol. The van der Waals surface area contributed by atoms with Crippen LogP contribution in [0.25, 0.3) is 0 Å². The zero-order valence-electron chi connectivity index (χ0n) is 17.4. The van der Waals surface area contributed by atoms with Crippen LogP contribution in [-0.2, 0) is 14.3 Å². The normalized spacial score (nSPS) is 10.7. The van der Waals surface area contributed by atoms with Crippen molar-refractivity contribution in [1.29, 1.82) is 0 Å². The summed E-state index contributed by atoms with van der Waals surface area (Å²) in [5.74, 6) is -0.278. The molecule has 0 heterocycles. The summed E-state index contributed by atoms with van der Waals surface area (Å²) in [7, 11) is 0. The molecule has 158 valence electrons. The first kappa shape index (κ1) is 24.5. The highest BCUT2D eigenvalue weighted by Gasteiger charge is 2.10. The van der Waals surface area contributed by atoms with E-state index in [0.717, 1.165) is 18.4 Å². The average Bonchev–Trinajstić information content (AvgIpc) is 2.66. The van der Waals surface area contributed by atoms with Gasteiger partial charge in [0.2, 0.25) is 0 Å². The van der Waals surface area contributed by atoms with Gasteiger partial charge in [0.15, 0.2) is 0 Å². The van der Waals surface area contributed by atoms with Gasteiger partial charge in [0.25, 0.3) is 0 Å². The van der Waals surface area contributed by atoms with Gasteiger partial charge in [0, 0.05) is 12.8 Å². The molecule has 0 spiro atoms. The van der Waals surface area contributed by atoms with Crippen molar-refractivity contribution in [2.75, 3.05) is 6.61 Å². The van der Waals surface area contributed by atoms with E-state index >= 15 is 0 Å². The zero-order chi connectivity index (χ0) is 20.6. The van der Waals surface area contributed by atoms with Gasteiger partial charge in [-0.15, -0.1) is 0 Å². The highest BCUT2D eigenvalue weighted by molar-refractivity contribution is 6.32. The molecule has 0 aromatic heterocycles. The van der Waals surface area contributed by atoms with E-state index in [4.69, 9.17) is 21.1 Å². The number of hydrogen-bond donors (Lipinski definition) is 0. The van der Waals surface area contributed by atoms with E-state index in [1.807, 2.05) is 13.0 Å².